The van der Waals surface area contributed by atoms with Crippen LogP contribution in [0.15, 0.2) is 60.8 Å². The molecule has 0 aliphatic rings. The fourth-order valence-electron chi connectivity index (χ4n) is 2.93. The van der Waals surface area contributed by atoms with Crippen LogP contribution < -0.4 is 15.4 Å². The average molecular weight is 432 g/mol. The molecule has 0 fully saturated rings. The quantitative estimate of drug-likeness (QED) is 0.316. The number of aromatic hydroxyl groups is 1. The van der Waals surface area contributed by atoms with Crippen molar-refractivity contribution >= 4 is 34.4 Å². The van der Waals surface area contributed by atoms with Crippen LogP contribution in [0.25, 0.3) is 22.4 Å². The van der Waals surface area contributed by atoms with E-state index < -0.39 is 11.0 Å². The van der Waals surface area contributed by atoms with Crippen molar-refractivity contribution in [1.82, 2.24) is 15.0 Å². The second-order valence-corrected chi connectivity index (χ2v) is 6.57. The number of hydrogen-bond donors (Lipinski definition) is 3. The Kier molecular flexibility index (Phi) is 5.45. The number of phenolic OH excluding ortho intramolecular Hbond substituents is 1. The number of aromatic nitrogens is 3. The number of nitrogens with zero attached hydrogens (tertiary/aromatic N) is 4. The van der Waals surface area contributed by atoms with Crippen LogP contribution in [0.3, 0.4) is 0 Å². The van der Waals surface area contributed by atoms with Crippen molar-refractivity contribution < 1.29 is 19.6 Å². The molecule has 2 heterocycles. The number of fused-ring (bicyclic) bond motifs is 1. The van der Waals surface area contributed by atoms with Crippen LogP contribution in [-0.2, 0) is 0 Å². The van der Waals surface area contributed by atoms with E-state index in [4.69, 9.17) is 4.74 Å². The number of phenols is 1. The highest BCUT2D eigenvalue weighted by Gasteiger charge is 2.11. The number of pyridine rings is 1. The number of rotatable bonds is 5. The lowest BCUT2D eigenvalue weighted by atomic mass is 10.1. The molecule has 4 aromatic rings. The summed E-state index contributed by atoms with van der Waals surface area (Å²) in [4.78, 5) is 35.6. The van der Waals surface area contributed by atoms with E-state index in [2.05, 4.69) is 25.6 Å². The maximum absolute atomic E-state index is 12.3. The van der Waals surface area contributed by atoms with Gasteiger partial charge in [0, 0.05) is 23.4 Å². The Morgan fingerprint density at radius 2 is 1.94 bits per heavy atom. The van der Waals surface area contributed by atoms with E-state index in [1.54, 1.807) is 24.3 Å². The van der Waals surface area contributed by atoms with E-state index in [1.807, 2.05) is 0 Å². The van der Waals surface area contributed by atoms with E-state index in [1.165, 1.54) is 43.6 Å². The van der Waals surface area contributed by atoms with Crippen LogP contribution in [0.5, 0.6) is 11.5 Å². The molecule has 160 valence electrons. The third-order valence-corrected chi connectivity index (χ3v) is 4.44. The molecule has 2 aromatic heterocycles. The Labute approximate surface area is 180 Å². The Balaban J connectivity index is 1.56. The van der Waals surface area contributed by atoms with Gasteiger partial charge in [0.15, 0.2) is 23.0 Å². The Bertz CT molecular complexity index is 1340. The number of nitrogens with one attached hydrogen (secondary N) is 2. The molecular formula is C21H16N6O5. The normalized spacial score (nSPS) is 10.5. The van der Waals surface area contributed by atoms with Gasteiger partial charge in [-0.15, -0.1) is 0 Å². The summed E-state index contributed by atoms with van der Waals surface area (Å²) in [6, 6.07) is 13.2. The molecule has 32 heavy (non-hydrogen) atoms. The van der Waals surface area contributed by atoms with E-state index in [0.717, 1.165) is 0 Å². The van der Waals surface area contributed by atoms with Gasteiger partial charge >= 0.3 is 6.03 Å². The standard InChI is InChI=1S/C21H16N6O5/c1-32-18-9-12(5-8-17(18)28)15-6-7-16-20(24-15)25-19(11-22-16)26-21(29)23-13-3-2-4-14(10-13)27(30)31/h2-11,28H,1H3,(H2,23,24,25,26,29). The second kappa shape index (κ2) is 8.52. The maximum atomic E-state index is 12.3. The molecule has 11 heteroatoms. The summed E-state index contributed by atoms with van der Waals surface area (Å²) in [5.41, 5.74) is 2.20. The lowest BCUT2D eigenvalue weighted by molar-refractivity contribution is -0.384. The molecule has 0 aliphatic carbocycles. The first kappa shape index (κ1) is 20.5. The zero-order valence-corrected chi connectivity index (χ0v) is 16.6. The number of non-ortho nitro benzene ring substituents is 1. The lowest BCUT2D eigenvalue weighted by Gasteiger charge is -2.09. The molecule has 0 saturated heterocycles. The molecule has 0 bridgehead atoms. The predicted octanol–water partition coefficient (Wildman–Crippen LogP) is 3.96. The first-order valence-corrected chi connectivity index (χ1v) is 9.26. The van der Waals surface area contributed by atoms with Crippen LogP contribution in [0.4, 0.5) is 22.0 Å². The summed E-state index contributed by atoms with van der Waals surface area (Å²) < 4.78 is 5.13. The SMILES string of the molecule is COc1cc(-c2ccc3ncc(NC(=O)Nc4cccc([N+](=O)[O-])c4)nc3n2)ccc1O. The molecule has 0 spiro atoms. The molecule has 0 unspecified atom stereocenters. The number of benzene rings is 2. The van der Waals surface area contributed by atoms with Crippen LogP contribution in [0.1, 0.15) is 0 Å². The van der Waals surface area contributed by atoms with Gasteiger partial charge in [0.25, 0.3) is 5.69 Å². The highest BCUT2D eigenvalue weighted by Crippen LogP contribution is 2.31. The van der Waals surface area contributed by atoms with E-state index in [-0.39, 0.29) is 22.9 Å². The third kappa shape index (κ3) is 4.36. The molecular weight excluding hydrogens is 416 g/mol. The predicted molar refractivity (Wildman–Crippen MR) is 117 cm³/mol. The number of anilines is 2. The number of methoxy groups -OCH3 is 1. The van der Waals surface area contributed by atoms with Gasteiger partial charge in [0.05, 0.1) is 23.9 Å². The Morgan fingerprint density at radius 1 is 1.09 bits per heavy atom. The summed E-state index contributed by atoms with van der Waals surface area (Å²) in [6.07, 6.45) is 1.38. The number of nitro benzene ring substituents is 1. The van der Waals surface area contributed by atoms with E-state index >= 15 is 0 Å². The minimum atomic E-state index is -0.640. The number of carbonyl (C=O) groups is 1. The molecule has 3 N–H and O–H groups in total. The number of hydrogen-bond acceptors (Lipinski definition) is 8. The van der Waals surface area contributed by atoms with Gasteiger partial charge in [-0.2, -0.15) is 0 Å². The van der Waals surface area contributed by atoms with Crippen LogP contribution in [0.2, 0.25) is 0 Å². The molecule has 2 aromatic carbocycles. The minimum Gasteiger partial charge on any atom is -0.504 e. The highest BCUT2D eigenvalue weighted by atomic mass is 16.6. The topological polar surface area (TPSA) is 152 Å². The summed E-state index contributed by atoms with van der Waals surface area (Å²) in [7, 11) is 1.45. The lowest BCUT2D eigenvalue weighted by Crippen LogP contribution is -2.20. The van der Waals surface area contributed by atoms with Gasteiger partial charge in [-0.1, -0.05) is 6.07 Å². The van der Waals surface area contributed by atoms with Crippen molar-refractivity contribution in [3.63, 3.8) is 0 Å². The van der Waals surface area contributed by atoms with Crippen molar-refractivity contribution in [1.29, 1.82) is 0 Å². The summed E-state index contributed by atoms with van der Waals surface area (Å²) >= 11 is 0. The van der Waals surface area contributed by atoms with Gasteiger partial charge in [-0.25, -0.2) is 19.7 Å². The van der Waals surface area contributed by atoms with Gasteiger partial charge in [0.1, 0.15) is 5.52 Å². The van der Waals surface area contributed by atoms with Crippen molar-refractivity contribution in [2.24, 2.45) is 0 Å². The fraction of sp³-hybridized carbons (Fsp3) is 0.0476. The first-order chi connectivity index (χ1) is 15.4. The van der Waals surface area contributed by atoms with E-state index in [0.29, 0.717) is 28.2 Å². The minimum absolute atomic E-state index is 0.0121. The number of carbonyl (C=O) groups excluding carboxylic acids is 1. The van der Waals surface area contributed by atoms with Crippen molar-refractivity contribution in [2.75, 3.05) is 17.7 Å². The Morgan fingerprint density at radius 3 is 2.72 bits per heavy atom. The van der Waals surface area contributed by atoms with Gasteiger partial charge in [-0.3, -0.25) is 15.4 Å². The van der Waals surface area contributed by atoms with Crippen LogP contribution >= 0.6 is 0 Å². The average Bonchev–Trinajstić information content (AvgIpc) is 2.79. The molecule has 0 aliphatic heterocycles. The van der Waals surface area contributed by atoms with Gasteiger partial charge in [-0.05, 0) is 36.4 Å². The fourth-order valence-corrected chi connectivity index (χ4v) is 2.93. The van der Waals surface area contributed by atoms with Crippen molar-refractivity contribution in [2.45, 2.75) is 0 Å². The number of urea groups is 1. The zero-order valence-electron chi connectivity index (χ0n) is 16.6. The first-order valence-electron chi connectivity index (χ1n) is 9.26. The molecule has 0 atom stereocenters. The number of nitro groups is 1. The van der Waals surface area contributed by atoms with Gasteiger partial charge in [0.2, 0.25) is 0 Å². The van der Waals surface area contributed by atoms with Crippen molar-refractivity contribution in [3.05, 3.63) is 70.9 Å². The molecule has 4 rings (SSSR count). The van der Waals surface area contributed by atoms with Crippen LogP contribution in [-0.4, -0.2) is 38.1 Å². The molecule has 2 amide bonds. The largest absolute Gasteiger partial charge is 0.504 e. The maximum Gasteiger partial charge on any atom is 0.324 e. The summed E-state index contributed by atoms with van der Waals surface area (Å²) in [6.45, 7) is 0. The van der Waals surface area contributed by atoms with Crippen LogP contribution in [0, 0.1) is 10.1 Å². The number of ether oxygens (including phenoxy) is 1. The van der Waals surface area contributed by atoms with Crippen molar-refractivity contribution in [3.8, 4) is 22.8 Å². The smallest absolute Gasteiger partial charge is 0.324 e. The zero-order chi connectivity index (χ0) is 22.7. The number of amides is 2. The Hall–Kier alpha value is -4.80. The third-order valence-electron chi connectivity index (χ3n) is 4.44. The van der Waals surface area contributed by atoms with Gasteiger partial charge < -0.3 is 15.2 Å². The summed E-state index contributed by atoms with van der Waals surface area (Å²) in [5, 5.41) is 25.7. The summed E-state index contributed by atoms with van der Waals surface area (Å²) in [5.74, 6) is 0.468. The molecule has 0 radical (unpaired) electrons. The monoisotopic (exact) mass is 432 g/mol. The van der Waals surface area contributed by atoms with E-state index in [9.17, 15) is 20.0 Å². The highest BCUT2D eigenvalue weighted by molar-refractivity contribution is 5.99. The molecule has 11 nitrogen and oxygen atoms in total. The molecule has 0 saturated carbocycles. The second-order valence-electron chi connectivity index (χ2n) is 6.57.